The molecule has 0 aromatic rings. The molecule has 7 saturated heterocycles. The molecule has 8 fully saturated rings. The Kier molecular flexibility index (Phi) is 52.5. The van der Waals surface area contributed by atoms with Crippen molar-refractivity contribution in [3.63, 3.8) is 0 Å². The van der Waals surface area contributed by atoms with E-state index < -0.39 is 0 Å². The van der Waals surface area contributed by atoms with Crippen molar-refractivity contribution in [2.45, 2.75) is 298 Å². The number of piperidine rings is 5. The van der Waals surface area contributed by atoms with Crippen molar-refractivity contribution in [2.75, 3.05) is 152 Å². The Morgan fingerprint density at radius 1 is 0.295 bits per heavy atom. The van der Waals surface area contributed by atoms with Crippen LogP contribution in [0.5, 0.6) is 0 Å². The van der Waals surface area contributed by atoms with Crippen molar-refractivity contribution >= 4 is 0 Å². The number of hydrogen-bond donors (Lipinski definition) is 1. The molecule has 8 rings (SSSR count). The molecule has 1 aliphatic carbocycles. The maximum atomic E-state index is 3.39. The van der Waals surface area contributed by atoms with E-state index in [1.165, 1.54) is 311 Å². The van der Waals surface area contributed by atoms with Crippen LogP contribution in [0.2, 0.25) is 0 Å². The molecule has 1 saturated carbocycles. The van der Waals surface area contributed by atoms with Crippen molar-refractivity contribution in [1.29, 1.82) is 0 Å². The molecule has 0 unspecified atom stereocenters. The van der Waals surface area contributed by atoms with Gasteiger partial charge in [-0.1, -0.05) is 163 Å². The first-order valence-electron chi connectivity index (χ1n) is 39.5. The summed E-state index contributed by atoms with van der Waals surface area (Å²) in [5, 5.41) is 3.39. The van der Waals surface area contributed by atoms with Gasteiger partial charge in [-0.25, -0.2) is 0 Å². The van der Waals surface area contributed by atoms with Gasteiger partial charge in [-0.05, 0) is 331 Å². The highest BCUT2D eigenvalue weighted by atomic mass is 15.2. The summed E-state index contributed by atoms with van der Waals surface area (Å²) in [5.41, 5.74) is 0.570. The van der Waals surface area contributed by atoms with Gasteiger partial charge in [0.05, 0.1) is 0 Å². The average molecular weight is 1240 g/mol. The number of nitrogens with zero attached hydrogens (tertiary/aromatic N) is 7. The first-order chi connectivity index (χ1) is 41.9. The van der Waals surface area contributed by atoms with Gasteiger partial charge in [0.25, 0.3) is 0 Å². The van der Waals surface area contributed by atoms with Crippen LogP contribution in [0.3, 0.4) is 0 Å². The smallest absolute Gasteiger partial charge is 0.0110 e. The van der Waals surface area contributed by atoms with Gasteiger partial charge >= 0.3 is 0 Å². The lowest BCUT2D eigenvalue weighted by Gasteiger charge is -2.40. The normalized spacial score (nSPS) is 21.5. The molecule has 0 atom stereocenters. The SMILES string of the molecule is CC(C)C(C)(C)C1CCCCC1.CC(C)CC1CCN(C)CC1.CC(C)CC1CCNCC1.CC(C)CCN1CCCC1.CC(C)CCN1CCCCC1.CC(C)CCN1CCCCC1.CC(C)CCN1CCCCC1.CC(C)CCN1CCN(C)CC1. The zero-order valence-electron chi connectivity index (χ0n) is 64.4. The molecule has 0 amide bonds. The molecule has 8 heteroatoms. The highest BCUT2D eigenvalue weighted by Gasteiger charge is 2.33. The third-order valence-corrected chi connectivity index (χ3v) is 21.3. The van der Waals surface area contributed by atoms with Gasteiger partial charge in [0.15, 0.2) is 0 Å². The first-order valence-corrected chi connectivity index (χ1v) is 39.5. The summed E-state index contributed by atoms with van der Waals surface area (Å²) in [6.45, 7) is 69.6. The molecule has 0 aromatic carbocycles. The van der Waals surface area contributed by atoms with Gasteiger partial charge in [0.1, 0.15) is 0 Å². The summed E-state index contributed by atoms with van der Waals surface area (Å²) in [6, 6.07) is 0. The molecule has 528 valence electrons. The molecule has 88 heavy (non-hydrogen) atoms. The zero-order chi connectivity index (χ0) is 65.5. The molecule has 8 nitrogen and oxygen atoms in total. The first kappa shape index (κ1) is 85.7. The van der Waals surface area contributed by atoms with Gasteiger partial charge in [0, 0.05) is 26.2 Å². The lowest BCUT2D eigenvalue weighted by Crippen LogP contribution is -2.44. The predicted octanol–water partition coefficient (Wildman–Crippen LogP) is 19.6. The van der Waals surface area contributed by atoms with E-state index in [1.54, 1.807) is 0 Å². The maximum absolute atomic E-state index is 3.39. The van der Waals surface area contributed by atoms with Crippen LogP contribution in [0.1, 0.15) is 298 Å². The topological polar surface area (TPSA) is 34.7 Å². The number of nitrogens with one attached hydrogen (secondary N) is 1. The van der Waals surface area contributed by atoms with Crippen LogP contribution in [0.15, 0.2) is 0 Å². The van der Waals surface area contributed by atoms with Crippen molar-refractivity contribution < 1.29 is 0 Å². The molecular weight excluding hydrogens is 1070 g/mol. The third kappa shape index (κ3) is 49.3. The summed E-state index contributed by atoms with van der Waals surface area (Å²) in [7, 11) is 4.44. The number of hydrogen-bond acceptors (Lipinski definition) is 8. The molecule has 7 heterocycles. The van der Waals surface area contributed by atoms with Gasteiger partial charge in [-0.2, -0.15) is 0 Å². The minimum Gasteiger partial charge on any atom is -0.317 e. The summed E-state index contributed by atoms with van der Waals surface area (Å²) < 4.78 is 0. The molecule has 7 aliphatic heterocycles. The monoisotopic (exact) mass is 1240 g/mol. The summed E-state index contributed by atoms with van der Waals surface area (Å²) in [6.07, 6.45) is 38.6. The second-order valence-electron chi connectivity index (χ2n) is 33.8. The van der Waals surface area contributed by atoms with Crippen LogP contribution < -0.4 is 5.32 Å². The van der Waals surface area contributed by atoms with E-state index in [0.29, 0.717) is 5.41 Å². The number of piperazine rings is 1. The minimum absolute atomic E-state index is 0.570. The van der Waals surface area contributed by atoms with E-state index in [1.807, 2.05) is 0 Å². The molecule has 0 spiro atoms. The fourth-order valence-corrected chi connectivity index (χ4v) is 13.9. The lowest BCUT2D eigenvalue weighted by atomic mass is 9.65. The van der Waals surface area contributed by atoms with Crippen LogP contribution in [0, 0.1) is 70.5 Å². The van der Waals surface area contributed by atoms with E-state index in [0.717, 1.165) is 65.1 Å². The standard InChI is InChI=1S/C12H24.C10H22N2.4C10H21N.2C9H19N/c1-10(2)12(3,4)11-8-6-5-7-9-11;1-10(2)4-5-12-8-6-11(3)7-9-12;1-9(2)8-10-4-6-11(3)7-5-10;3*1-10(2)6-9-11-7-4-3-5-8-11;1-8(2)7-9-3-5-10-6-4-9;1-9(2)5-8-10-6-3-4-7-10/h10-11H,5-9H2,1-4H3;10H,4-9H2,1-3H3;9-10H,4-8H2,1-3H3;3*10H,3-9H2,1-2H3;8-10H,3-7H2,1-2H3;9H,3-8H2,1-2H3. The van der Waals surface area contributed by atoms with Gasteiger partial charge in [-0.3, -0.25) is 0 Å². The lowest BCUT2D eigenvalue weighted by molar-refractivity contribution is 0.102. The fourth-order valence-electron chi connectivity index (χ4n) is 13.9. The second-order valence-corrected chi connectivity index (χ2v) is 33.8. The van der Waals surface area contributed by atoms with Crippen LogP contribution in [-0.2, 0) is 0 Å². The molecule has 0 radical (unpaired) electrons. The molecule has 0 aromatic heterocycles. The van der Waals surface area contributed by atoms with E-state index in [9.17, 15) is 0 Å². The van der Waals surface area contributed by atoms with E-state index in [-0.39, 0.29) is 0 Å². The van der Waals surface area contributed by atoms with Crippen molar-refractivity contribution in [1.82, 2.24) is 39.6 Å². The van der Waals surface area contributed by atoms with Crippen LogP contribution in [-0.4, -0.2) is 186 Å². The Hall–Kier alpha value is -0.320. The Balaban J connectivity index is 0.000000503. The van der Waals surface area contributed by atoms with Crippen LogP contribution in [0.25, 0.3) is 0 Å². The van der Waals surface area contributed by atoms with Crippen molar-refractivity contribution in [3.8, 4) is 0 Å². The second kappa shape index (κ2) is 53.9. The average Bonchev–Trinajstić information content (AvgIpc) is 4.19. The van der Waals surface area contributed by atoms with E-state index >= 15 is 0 Å². The third-order valence-electron chi connectivity index (χ3n) is 21.3. The molecule has 8 aliphatic rings. The molecular formula is C80H168N8. The Morgan fingerprint density at radius 3 is 0.841 bits per heavy atom. The van der Waals surface area contributed by atoms with Crippen molar-refractivity contribution in [3.05, 3.63) is 0 Å². The minimum atomic E-state index is 0.570. The quantitative estimate of drug-likeness (QED) is 0.122. The predicted molar refractivity (Wildman–Crippen MR) is 398 cm³/mol. The summed E-state index contributed by atoms with van der Waals surface area (Å²) in [5.74, 6) is 9.99. The van der Waals surface area contributed by atoms with E-state index in [4.69, 9.17) is 0 Å². The Bertz CT molecular complexity index is 1380. The number of likely N-dealkylation sites (tertiary alicyclic amines) is 5. The Labute approximate surface area is 556 Å². The maximum Gasteiger partial charge on any atom is 0.0110 e. The van der Waals surface area contributed by atoms with Gasteiger partial charge in [-0.15, -0.1) is 0 Å². The zero-order valence-corrected chi connectivity index (χ0v) is 64.4. The van der Waals surface area contributed by atoms with E-state index in [2.05, 4.69) is 178 Å². The van der Waals surface area contributed by atoms with Gasteiger partial charge in [0.2, 0.25) is 0 Å². The van der Waals surface area contributed by atoms with Gasteiger partial charge < -0.3 is 39.6 Å². The van der Waals surface area contributed by atoms with Crippen LogP contribution >= 0.6 is 0 Å². The summed E-state index contributed by atoms with van der Waals surface area (Å²) in [4.78, 5) is 17.9. The Morgan fingerprint density at radius 2 is 0.557 bits per heavy atom. The largest absolute Gasteiger partial charge is 0.317 e. The fraction of sp³-hybridized carbons (Fsp3) is 1.00. The summed E-state index contributed by atoms with van der Waals surface area (Å²) >= 11 is 0. The molecule has 0 bridgehead atoms. The number of rotatable bonds is 21. The highest BCUT2D eigenvalue weighted by Crippen LogP contribution is 2.43. The van der Waals surface area contributed by atoms with Crippen molar-refractivity contribution in [2.24, 2.45) is 70.5 Å². The molecule has 1 N–H and O–H groups in total. The highest BCUT2D eigenvalue weighted by molar-refractivity contribution is 4.83. The van der Waals surface area contributed by atoms with Crippen LogP contribution in [0.4, 0.5) is 0 Å². The number of likely N-dealkylation sites (N-methyl/N-ethyl adjacent to an activating group) is 1.